The first-order valence-electron chi connectivity index (χ1n) is 11.9. The molecule has 0 saturated carbocycles. The minimum atomic E-state index is -0.127. The van der Waals surface area contributed by atoms with E-state index in [0.717, 1.165) is 41.1 Å². The fourth-order valence-corrected chi connectivity index (χ4v) is 5.57. The molecular formula is C28H28N4O2. The molecule has 2 fully saturated rings. The van der Waals surface area contributed by atoms with Gasteiger partial charge in [0.15, 0.2) is 5.75 Å². The maximum absolute atomic E-state index is 12.8. The van der Waals surface area contributed by atoms with Crippen LogP contribution in [0.1, 0.15) is 23.5 Å². The largest absolute Gasteiger partial charge is 0.455 e. The van der Waals surface area contributed by atoms with Gasteiger partial charge in [0, 0.05) is 31.6 Å². The summed E-state index contributed by atoms with van der Waals surface area (Å²) in [5.41, 5.74) is 4.25. The van der Waals surface area contributed by atoms with Crippen LogP contribution >= 0.6 is 0 Å². The number of ether oxygens (including phenoxy) is 1. The van der Waals surface area contributed by atoms with E-state index >= 15 is 0 Å². The number of likely N-dealkylation sites (N-methyl/N-ethyl adjacent to an activating group) is 1. The highest BCUT2D eigenvalue weighted by molar-refractivity contribution is 5.86. The van der Waals surface area contributed by atoms with Gasteiger partial charge in [0.2, 0.25) is 5.91 Å². The fourth-order valence-electron chi connectivity index (χ4n) is 5.57. The molecule has 0 spiro atoms. The second kappa shape index (κ2) is 8.61. The lowest BCUT2D eigenvalue weighted by molar-refractivity contribution is -0.136. The van der Waals surface area contributed by atoms with E-state index in [2.05, 4.69) is 46.3 Å². The summed E-state index contributed by atoms with van der Waals surface area (Å²) in [6, 6.07) is 24.5. The van der Waals surface area contributed by atoms with Gasteiger partial charge < -0.3 is 19.5 Å². The van der Waals surface area contributed by atoms with Crippen LogP contribution in [0.3, 0.4) is 0 Å². The van der Waals surface area contributed by atoms with Crippen LogP contribution in [-0.2, 0) is 11.3 Å². The standard InChI is InChI=1S/C28H28N4O2/c1-31-17-23(21-14-15-29-25(21)28(31)33)22-12-13-24-26(27(22)34-20-10-6-3-7-11-20)32(18-30-24)16-19-8-4-2-5-9-19/h2-13,18,21,23,25,29H,14-17H2,1H3. The summed E-state index contributed by atoms with van der Waals surface area (Å²) in [5, 5.41) is 3.43. The summed E-state index contributed by atoms with van der Waals surface area (Å²) in [6.07, 6.45) is 2.89. The van der Waals surface area contributed by atoms with Crippen molar-refractivity contribution < 1.29 is 9.53 Å². The molecule has 4 aromatic rings. The first-order chi connectivity index (χ1) is 16.7. The topological polar surface area (TPSA) is 59.4 Å². The third kappa shape index (κ3) is 3.64. The number of hydrogen-bond donors (Lipinski definition) is 1. The predicted octanol–water partition coefficient (Wildman–Crippen LogP) is 4.41. The van der Waals surface area contributed by atoms with E-state index in [1.165, 1.54) is 5.56 Å². The van der Waals surface area contributed by atoms with Crippen molar-refractivity contribution in [2.45, 2.75) is 24.9 Å². The second-order valence-corrected chi connectivity index (χ2v) is 9.33. The molecule has 3 unspecified atom stereocenters. The number of likely N-dealkylation sites (tertiary alicyclic amines) is 1. The van der Waals surface area contributed by atoms with Crippen LogP contribution < -0.4 is 10.1 Å². The highest BCUT2D eigenvalue weighted by atomic mass is 16.5. The summed E-state index contributed by atoms with van der Waals surface area (Å²) < 4.78 is 8.81. The Bertz CT molecular complexity index is 1320. The zero-order valence-corrected chi connectivity index (χ0v) is 19.2. The molecule has 2 saturated heterocycles. The predicted molar refractivity (Wildman–Crippen MR) is 132 cm³/mol. The summed E-state index contributed by atoms with van der Waals surface area (Å²) in [4.78, 5) is 19.4. The first-order valence-corrected chi connectivity index (χ1v) is 11.9. The number of imidazole rings is 1. The molecule has 0 bridgehead atoms. The summed E-state index contributed by atoms with van der Waals surface area (Å²) in [5.74, 6) is 2.27. The Kier molecular flexibility index (Phi) is 5.30. The molecule has 6 nitrogen and oxygen atoms in total. The molecule has 172 valence electrons. The van der Waals surface area contributed by atoms with Gasteiger partial charge in [0.1, 0.15) is 11.3 Å². The Hall–Kier alpha value is -3.64. The Morgan fingerprint density at radius 1 is 1.03 bits per heavy atom. The van der Waals surface area contributed by atoms with Gasteiger partial charge in [-0.15, -0.1) is 0 Å². The normalized spacial score (nSPS) is 22.2. The van der Waals surface area contributed by atoms with Crippen LogP contribution in [0.25, 0.3) is 11.0 Å². The highest BCUT2D eigenvalue weighted by Gasteiger charge is 2.45. The van der Waals surface area contributed by atoms with Crippen molar-refractivity contribution in [2.24, 2.45) is 5.92 Å². The number of carbonyl (C=O) groups excluding carboxylic acids is 1. The molecule has 1 N–H and O–H groups in total. The lowest BCUT2D eigenvalue weighted by atomic mass is 9.77. The molecule has 2 aliphatic rings. The van der Waals surface area contributed by atoms with Crippen molar-refractivity contribution in [3.8, 4) is 11.5 Å². The van der Waals surface area contributed by atoms with Gasteiger partial charge in [0.25, 0.3) is 0 Å². The quantitative estimate of drug-likeness (QED) is 0.487. The Morgan fingerprint density at radius 3 is 2.59 bits per heavy atom. The van der Waals surface area contributed by atoms with Crippen molar-refractivity contribution in [2.75, 3.05) is 20.1 Å². The number of carbonyl (C=O) groups is 1. The molecule has 0 aliphatic carbocycles. The SMILES string of the molecule is CN1CC(c2ccc3ncn(Cc4ccccc4)c3c2Oc2ccccc2)C2CCNC2C1=O. The van der Waals surface area contributed by atoms with Crippen LogP contribution in [0.4, 0.5) is 0 Å². The number of hydrogen-bond acceptors (Lipinski definition) is 4. The first kappa shape index (κ1) is 20.9. The van der Waals surface area contributed by atoms with Crippen molar-refractivity contribution in [1.82, 2.24) is 19.8 Å². The molecule has 3 heterocycles. The van der Waals surface area contributed by atoms with Gasteiger partial charge in [-0.1, -0.05) is 54.6 Å². The number of fused-ring (bicyclic) bond motifs is 2. The van der Waals surface area contributed by atoms with Crippen LogP contribution in [0.15, 0.2) is 79.1 Å². The molecule has 6 rings (SSSR count). The summed E-state index contributed by atoms with van der Waals surface area (Å²) >= 11 is 0. The maximum Gasteiger partial charge on any atom is 0.239 e. The van der Waals surface area contributed by atoms with E-state index in [4.69, 9.17) is 9.72 Å². The number of rotatable bonds is 5. The Labute approximate surface area is 199 Å². The number of nitrogens with one attached hydrogen (secondary N) is 1. The molecule has 34 heavy (non-hydrogen) atoms. The second-order valence-electron chi connectivity index (χ2n) is 9.33. The van der Waals surface area contributed by atoms with Crippen LogP contribution in [0.5, 0.6) is 11.5 Å². The molecule has 2 aliphatic heterocycles. The number of amides is 1. The molecule has 6 heteroatoms. The maximum atomic E-state index is 12.8. The van der Waals surface area contributed by atoms with Gasteiger partial charge >= 0.3 is 0 Å². The Morgan fingerprint density at radius 2 is 1.79 bits per heavy atom. The van der Waals surface area contributed by atoms with E-state index in [1.54, 1.807) is 0 Å². The van der Waals surface area contributed by atoms with Crippen molar-refractivity contribution in [1.29, 1.82) is 0 Å². The van der Waals surface area contributed by atoms with E-state index in [9.17, 15) is 4.79 Å². The molecule has 1 amide bonds. The van der Waals surface area contributed by atoms with Crippen LogP contribution in [0.2, 0.25) is 0 Å². The zero-order chi connectivity index (χ0) is 23.1. The van der Waals surface area contributed by atoms with E-state index in [0.29, 0.717) is 13.1 Å². The van der Waals surface area contributed by atoms with Crippen LogP contribution in [0, 0.1) is 5.92 Å². The number of nitrogens with zero attached hydrogens (tertiary/aromatic N) is 3. The van der Waals surface area contributed by atoms with Gasteiger partial charge in [-0.2, -0.15) is 0 Å². The third-order valence-electron chi connectivity index (χ3n) is 7.22. The summed E-state index contributed by atoms with van der Waals surface area (Å²) in [7, 11) is 1.90. The summed E-state index contributed by atoms with van der Waals surface area (Å²) in [6.45, 7) is 2.27. The van der Waals surface area contributed by atoms with E-state index in [1.807, 2.05) is 54.7 Å². The number of benzene rings is 3. The molecule has 3 aromatic carbocycles. The number of aromatic nitrogens is 2. The lowest BCUT2D eigenvalue weighted by Crippen LogP contribution is -2.52. The van der Waals surface area contributed by atoms with Crippen molar-refractivity contribution >= 4 is 16.9 Å². The molecule has 0 radical (unpaired) electrons. The highest BCUT2D eigenvalue weighted by Crippen LogP contribution is 2.44. The van der Waals surface area contributed by atoms with Crippen molar-refractivity contribution in [3.05, 3.63) is 90.3 Å². The smallest absolute Gasteiger partial charge is 0.239 e. The van der Waals surface area contributed by atoms with E-state index in [-0.39, 0.29) is 23.8 Å². The zero-order valence-electron chi connectivity index (χ0n) is 19.2. The number of para-hydroxylation sites is 1. The average molecular weight is 453 g/mol. The van der Waals surface area contributed by atoms with Crippen molar-refractivity contribution in [3.63, 3.8) is 0 Å². The van der Waals surface area contributed by atoms with Gasteiger partial charge in [-0.25, -0.2) is 4.98 Å². The third-order valence-corrected chi connectivity index (χ3v) is 7.22. The van der Waals surface area contributed by atoms with Gasteiger partial charge in [0.05, 0.1) is 17.9 Å². The van der Waals surface area contributed by atoms with Gasteiger partial charge in [-0.05, 0) is 42.6 Å². The average Bonchev–Trinajstić information content (AvgIpc) is 3.51. The van der Waals surface area contributed by atoms with Crippen LogP contribution in [-0.4, -0.2) is 46.5 Å². The molecule has 3 atom stereocenters. The lowest BCUT2D eigenvalue weighted by Gasteiger charge is -2.39. The minimum absolute atomic E-state index is 0.127. The fraction of sp³-hybridized carbons (Fsp3) is 0.286. The Balaban J connectivity index is 1.50. The monoisotopic (exact) mass is 452 g/mol. The number of piperidine rings is 1. The van der Waals surface area contributed by atoms with Gasteiger partial charge in [-0.3, -0.25) is 4.79 Å². The minimum Gasteiger partial charge on any atom is -0.455 e. The molecule has 1 aromatic heterocycles. The van der Waals surface area contributed by atoms with E-state index < -0.39 is 0 Å². The molecular weight excluding hydrogens is 424 g/mol.